The molecule has 40 heavy (non-hydrogen) atoms. The quantitative estimate of drug-likeness (QED) is 0.104. The summed E-state index contributed by atoms with van der Waals surface area (Å²) in [5.41, 5.74) is 0.654. The molecule has 1 rings (SSSR count). The predicted octanol–water partition coefficient (Wildman–Crippen LogP) is 2.35. The van der Waals surface area contributed by atoms with Crippen molar-refractivity contribution in [3.05, 3.63) is 18.2 Å². The first-order chi connectivity index (χ1) is 19.3. The molecule has 0 fully saturated rings. The largest absolute Gasteiger partial charge is 0.480 e. The van der Waals surface area contributed by atoms with Crippen LogP contribution in [0.4, 0.5) is 0 Å². The molecule has 12 nitrogen and oxygen atoms in total. The third-order valence-corrected chi connectivity index (χ3v) is 6.44. The molecule has 1 heterocycles. The molecule has 0 saturated carbocycles. The van der Waals surface area contributed by atoms with Gasteiger partial charge in [0.2, 0.25) is 23.6 Å². The normalized spacial score (nSPS) is 11.4. The molecule has 4 amide bonds. The first kappa shape index (κ1) is 34.6. The topological polar surface area (TPSA) is 182 Å². The molecule has 1 aromatic rings. The molecular weight excluding hydrogens is 516 g/mol. The average molecular weight is 565 g/mol. The molecule has 0 radical (unpaired) electrons. The third kappa shape index (κ3) is 18.8. The molecule has 6 N–H and O–H groups in total. The van der Waals surface area contributed by atoms with Crippen LogP contribution in [-0.2, 0) is 30.4 Å². The third-order valence-electron chi connectivity index (χ3n) is 6.44. The van der Waals surface area contributed by atoms with Crippen LogP contribution in [0.5, 0.6) is 0 Å². The summed E-state index contributed by atoms with van der Waals surface area (Å²) in [6, 6.07) is -0.901. The van der Waals surface area contributed by atoms with Gasteiger partial charge in [0.15, 0.2) is 0 Å². The smallest absolute Gasteiger partial charge is 0.322 e. The lowest BCUT2D eigenvalue weighted by Gasteiger charge is -2.18. The number of carboxylic acids is 1. The molecule has 0 saturated heterocycles. The van der Waals surface area contributed by atoms with Gasteiger partial charge in [0, 0.05) is 24.7 Å². The highest BCUT2D eigenvalue weighted by atomic mass is 16.4. The van der Waals surface area contributed by atoms with Crippen LogP contribution in [0.25, 0.3) is 0 Å². The van der Waals surface area contributed by atoms with Crippen LogP contribution in [0.3, 0.4) is 0 Å². The molecular formula is C28H48N6O6. The second-order valence-corrected chi connectivity index (χ2v) is 10.1. The van der Waals surface area contributed by atoms with Crippen molar-refractivity contribution in [2.75, 3.05) is 19.6 Å². The number of rotatable bonds is 24. The van der Waals surface area contributed by atoms with Crippen molar-refractivity contribution in [1.29, 1.82) is 0 Å². The number of carboxylic acid groups (broad SMARTS) is 1. The zero-order valence-corrected chi connectivity index (χ0v) is 23.9. The van der Waals surface area contributed by atoms with E-state index in [1.54, 1.807) is 6.20 Å². The Morgan fingerprint density at radius 2 is 1.27 bits per heavy atom. The molecule has 1 atom stereocenters. The fourth-order valence-corrected chi connectivity index (χ4v) is 4.16. The number of hydrogen-bond donors (Lipinski definition) is 6. The second-order valence-electron chi connectivity index (χ2n) is 10.1. The molecule has 1 aromatic heterocycles. The number of hydrogen-bond acceptors (Lipinski definition) is 6. The first-order valence-electron chi connectivity index (χ1n) is 14.6. The van der Waals surface area contributed by atoms with E-state index in [9.17, 15) is 24.0 Å². The maximum atomic E-state index is 12.7. The number of nitrogens with zero attached hydrogens (tertiary/aromatic N) is 1. The van der Waals surface area contributed by atoms with Gasteiger partial charge >= 0.3 is 5.97 Å². The van der Waals surface area contributed by atoms with E-state index >= 15 is 0 Å². The summed E-state index contributed by atoms with van der Waals surface area (Å²) in [7, 11) is 0. The van der Waals surface area contributed by atoms with Crippen molar-refractivity contribution >= 4 is 29.6 Å². The van der Waals surface area contributed by atoms with Crippen LogP contribution < -0.4 is 21.3 Å². The Hall–Kier alpha value is -3.44. The summed E-state index contributed by atoms with van der Waals surface area (Å²) >= 11 is 0. The summed E-state index contributed by atoms with van der Waals surface area (Å²) in [4.78, 5) is 66.0. The van der Waals surface area contributed by atoms with Gasteiger partial charge in [-0.2, -0.15) is 0 Å². The summed E-state index contributed by atoms with van der Waals surface area (Å²) in [6.07, 6.45) is 19.3. The number of aromatic amines is 1. The molecule has 0 aromatic carbocycles. The summed E-state index contributed by atoms with van der Waals surface area (Å²) in [5, 5.41) is 18.2. The van der Waals surface area contributed by atoms with E-state index in [0.29, 0.717) is 12.1 Å². The summed E-state index contributed by atoms with van der Waals surface area (Å²) < 4.78 is 0. The molecule has 0 aliphatic heterocycles. The van der Waals surface area contributed by atoms with Gasteiger partial charge < -0.3 is 31.4 Å². The standard InChI is InChI=1S/C28H48N6O6/c1-2-3-4-5-6-7-8-9-10-11-12-13-14-15-24(35)34-23(16-22-17-29-21-33-22)28(40)32-19-26(37)30-18-25(36)31-20-27(38)39/h17,21,23H,2-16,18-20H2,1H3,(H,29,33)(H,30,37)(H,31,36)(H,32,40)(H,34,35)(H,38,39)/t23-/m0/s1. The van der Waals surface area contributed by atoms with Crippen LogP contribution in [-0.4, -0.2) is 70.3 Å². The second kappa shape index (κ2) is 22.4. The van der Waals surface area contributed by atoms with Crippen LogP contribution in [0.1, 0.15) is 103 Å². The number of imidazole rings is 1. The number of carbonyl (C=O) groups is 5. The van der Waals surface area contributed by atoms with Crippen molar-refractivity contribution in [2.45, 2.75) is 109 Å². The molecule has 0 aliphatic carbocycles. The van der Waals surface area contributed by atoms with E-state index in [1.807, 2.05) is 0 Å². The van der Waals surface area contributed by atoms with Crippen molar-refractivity contribution in [3.8, 4) is 0 Å². The van der Waals surface area contributed by atoms with Crippen molar-refractivity contribution in [1.82, 2.24) is 31.2 Å². The van der Waals surface area contributed by atoms with Gasteiger partial charge in [-0.3, -0.25) is 24.0 Å². The Labute approximate surface area is 237 Å². The van der Waals surface area contributed by atoms with Gasteiger partial charge in [0.25, 0.3) is 0 Å². The van der Waals surface area contributed by atoms with E-state index < -0.39 is 49.4 Å². The number of H-pyrrole nitrogens is 1. The number of amides is 4. The minimum atomic E-state index is -1.20. The molecule has 0 aliphatic rings. The maximum absolute atomic E-state index is 12.7. The minimum absolute atomic E-state index is 0.176. The SMILES string of the molecule is CCCCCCCCCCCCCCCC(=O)N[C@@H](Cc1cnc[nH]1)C(=O)NCC(=O)NCC(=O)NCC(=O)O. The summed E-state index contributed by atoms with van der Waals surface area (Å²) in [5.74, 6) is -3.27. The molecule has 0 spiro atoms. The fraction of sp³-hybridized carbons (Fsp3) is 0.714. The lowest BCUT2D eigenvalue weighted by molar-refractivity contribution is -0.137. The van der Waals surface area contributed by atoms with Gasteiger partial charge in [-0.15, -0.1) is 0 Å². The van der Waals surface area contributed by atoms with Crippen LogP contribution in [0, 0.1) is 0 Å². The van der Waals surface area contributed by atoms with Crippen molar-refractivity contribution < 1.29 is 29.1 Å². The van der Waals surface area contributed by atoms with Gasteiger partial charge in [0.1, 0.15) is 12.6 Å². The highest BCUT2D eigenvalue weighted by Crippen LogP contribution is 2.13. The highest BCUT2D eigenvalue weighted by Gasteiger charge is 2.22. The monoisotopic (exact) mass is 564 g/mol. The zero-order chi connectivity index (χ0) is 29.4. The maximum Gasteiger partial charge on any atom is 0.322 e. The number of nitrogens with one attached hydrogen (secondary N) is 5. The Balaban J connectivity index is 2.28. The van der Waals surface area contributed by atoms with Gasteiger partial charge in [-0.1, -0.05) is 84.0 Å². The zero-order valence-electron chi connectivity index (χ0n) is 23.9. The Morgan fingerprint density at radius 1 is 0.750 bits per heavy atom. The average Bonchev–Trinajstić information content (AvgIpc) is 3.44. The van der Waals surface area contributed by atoms with Crippen molar-refractivity contribution in [2.24, 2.45) is 0 Å². The van der Waals surface area contributed by atoms with Crippen LogP contribution >= 0.6 is 0 Å². The number of unbranched alkanes of at least 4 members (excludes halogenated alkanes) is 12. The van der Waals surface area contributed by atoms with Gasteiger partial charge in [0.05, 0.1) is 19.4 Å². The van der Waals surface area contributed by atoms with E-state index in [-0.39, 0.29) is 12.3 Å². The fourth-order valence-electron chi connectivity index (χ4n) is 4.16. The summed E-state index contributed by atoms with van der Waals surface area (Å²) in [6.45, 7) is 0.855. The van der Waals surface area contributed by atoms with E-state index in [2.05, 4.69) is 38.2 Å². The lowest BCUT2D eigenvalue weighted by atomic mass is 10.0. The number of aliphatic carboxylic acids is 1. The Morgan fingerprint density at radius 3 is 1.80 bits per heavy atom. The number of carbonyl (C=O) groups excluding carboxylic acids is 4. The predicted molar refractivity (Wildman–Crippen MR) is 151 cm³/mol. The molecule has 12 heteroatoms. The molecule has 0 unspecified atom stereocenters. The highest BCUT2D eigenvalue weighted by molar-refractivity contribution is 5.92. The van der Waals surface area contributed by atoms with Gasteiger partial charge in [-0.25, -0.2) is 4.98 Å². The molecule has 226 valence electrons. The molecule has 0 bridgehead atoms. The Kier molecular flexibility index (Phi) is 19.4. The van der Waals surface area contributed by atoms with Crippen molar-refractivity contribution in [3.63, 3.8) is 0 Å². The van der Waals surface area contributed by atoms with E-state index in [1.165, 1.54) is 70.5 Å². The van der Waals surface area contributed by atoms with Crippen LogP contribution in [0.2, 0.25) is 0 Å². The number of aromatic nitrogens is 2. The van der Waals surface area contributed by atoms with Crippen LogP contribution in [0.15, 0.2) is 12.5 Å². The van der Waals surface area contributed by atoms with E-state index in [4.69, 9.17) is 5.11 Å². The first-order valence-corrected chi connectivity index (χ1v) is 14.6. The van der Waals surface area contributed by atoms with Gasteiger partial charge in [-0.05, 0) is 6.42 Å². The van der Waals surface area contributed by atoms with E-state index in [0.717, 1.165) is 19.3 Å². The minimum Gasteiger partial charge on any atom is -0.480 e. The lowest BCUT2D eigenvalue weighted by Crippen LogP contribution is -2.50. The Bertz CT molecular complexity index is 877.